The van der Waals surface area contributed by atoms with E-state index in [2.05, 4.69) is 22.1 Å². The van der Waals surface area contributed by atoms with Crippen LogP contribution in [-0.4, -0.2) is 70.7 Å². The summed E-state index contributed by atoms with van der Waals surface area (Å²) in [6, 6.07) is 0. The van der Waals surface area contributed by atoms with Gasteiger partial charge in [0, 0.05) is 25.9 Å². The molecule has 25 heavy (non-hydrogen) atoms. The van der Waals surface area contributed by atoms with Crippen LogP contribution in [0.1, 0.15) is 45.4 Å². The molecule has 8 heteroatoms. The van der Waals surface area contributed by atoms with Crippen LogP contribution in [0.5, 0.6) is 0 Å². The van der Waals surface area contributed by atoms with Gasteiger partial charge in [0.2, 0.25) is 0 Å². The van der Waals surface area contributed by atoms with Crippen LogP contribution in [-0.2, 0) is 14.6 Å². The summed E-state index contributed by atoms with van der Waals surface area (Å²) in [5, 5.41) is 3.39. The highest BCUT2D eigenvalue weighted by Gasteiger charge is 2.39. The number of nitrogens with one attached hydrogen (secondary N) is 1. The van der Waals surface area contributed by atoms with E-state index in [9.17, 15) is 8.42 Å². The van der Waals surface area contributed by atoms with Crippen molar-refractivity contribution in [2.75, 3.05) is 51.4 Å². The van der Waals surface area contributed by atoms with Crippen molar-refractivity contribution in [3.05, 3.63) is 0 Å². The van der Waals surface area contributed by atoms with Gasteiger partial charge < -0.3 is 15.0 Å². The van der Waals surface area contributed by atoms with Crippen molar-refractivity contribution in [2.24, 2.45) is 10.4 Å². The Morgan fingerprint density at radius 3 is 2.56 bits per heavy atom. The number of hydrogen-bond acceptors (Lipinski definition) is 4. The van der Waals surface area contributed by atoms with Crippen molar-refractivity contribution in [1.29, 1.82) is 0 Å². The number of rotatable bonds is 7. The standard InChI is InChI=1S/C17H33N3O3S.HI/c1-3-18-16(19-10-12-23-13-14-24(2,21)22)20-11-9-17(15-20)7-5-4-6-8-17;/h3-15H2,1-2H3,(H,18,19);1H. The van der Waals surface area contributed by atoms with Gasteiger partial charge in [-0.05, 0) is 31.6 Å². The molecular formula is C17H34IN3O3S. The number of ether oxygens (including phenoxy) is 1. The minimum Gasteiger partial charge on any atom is -0.378 e. The Kier molecular flexibility index (Phi) is 10.0. The Morgan fingerprint density at radius 1 is 1.20 bits per heavy atom. The molecule has 0 aromatic heterocycles. The summed E-state index contributed by atoms with van der Waals surface area (Å²) in [7, 11) is -2.95. The van der Waals surface area contributed by atoms with E-state index in [4.69, 9.17) is 4.74 Å². The third-order valence-corrected chi connectivity index (χ3v) is 5.99. The maximum atomic E-state index is 11.1. The van der Waals surface area contributed by atoms with Crippen LogP contribution >= 0.6 is 24.0 Å². The van der Waals surface area contributed by atoms with Crippen LogP contribution in [0.25, 0.3) is 0 Å². The SMILES string of the molecule is CCNC(=NCCOCCS(C)(=O)=O)N1CCC2(CCCCC2)C1.I. The summed E-state index contributed by atoms with van der Waals surface area (Å²) in [4.78, 5) is 7.06. The lowest BCUT2D eigenvalue weighted by molar-refractivity contribution is 0.157. The molecule has 1 aliphatic carbocycles. The third kappa shape index (κ3) is 7.99. The number of nitrogens with zero attached hydrogens (tertiary/aromatic N) is 2. The molecule has 2 fully saturated rings. The molecule has 0 bridgehead atoms. The van der Waals surface area contributed by atoms with E-state index in [1.165, 1.54) is 44.8 Å². The highest BCUT2D eigenvalue weighted by Crippen LogP contribution is 2.43. The molecule has 1 aliphatic heterocycles. The van der Waals surface area contributed by atoms with Crippen molar-refractivity contribution in [2.45, 2.75) is 45.4 Å². The van der Waals surface area contributed by atoms with Gasteiger partial charge in [0.15, 0.2) is 5.96 Å². The minimum atomic E-state index is -2.95. The third-order valence-electron chi connectivity index (χ3n) is 5.08. The summed E-state index contributed by atoms with van der Waals surface area (Å²) in [5.41, 5.74) is 0.514. The molecule has 0 aromatic rings. The van der Waals surface area contributed by atoms with Gasteiger partial charge in [-0.2, -0.15) is 0 Å². The highest BCUT2D eigenvalue weighted by atomic mass is 127. The van der Waals surface area contributed by atoms with E-state index < -0.39 is 9.84 Å². The molecule has 0 radical (unpaired) electrons. The zero-order chi connectivity index (χ0) is 17.5. The number of hydrogen-bond donors (Lipinski definition) is 1. The molecular weight excluding hydrogens is 453 g/mol. The molecule has 0 aromatic carbocycles. The fraction of sp³-hybridized carbons (Fsp3) is 0.941. The van der Waals surface area contributed by atoms with Gasteiger partial charge in [-0.3, -0.25) is 4.99 Å². The highest BCUT2D eigenvalue weighted by molar-refractivity contribution is 14.0. The summed E-state index contributed by atoms with van der Waals surface area (Å²) >= 11 is 0. The maximum Gasteiger partial charge on any atom is 0.194 e. The number of sulfone groups is 1. The Balaban J connectivity index is 0.00000312. The molecule has 2 rings (SSSR count). The predicted octanol–water partition coefficient (Wildman–Crippen LogP) is 2.29. The average Bonchev–Trinajstić information content (AvgIpc) is 2.92. The lowest BCUT2D eigenvalue weighted by atomic mass is 9.73. The minimum absolute atomic E-state index is 0. The van der Waals surface area contributed by atoms with E-state index >= 15 is 0 Å². The van der Waals surface area contributed by atoms with Crippen LogP contribution in [0.2, 0.25) is 0 Å². The first-order chi connectivity index (χ1) is 11.4. The molecule has 2 aliphatic rings. The second kappa shape index (κ2) is 10.9. The first-order valence-electron chi connectivity index (χ1n) is 9.23. The molecule has 0 unspecified atom stereocenters. The zero-order valence-electron chi connectivity index (χ0n) is 15.6. The molecule has 1 spiro atoms. The number of guanidine groups is 1. The van der Waals surface area contributed by atoms with E-state index in [1.807, 2.05) is 0 Å². The van der Waals surface area contributed by atoms with Crippen LogP contribution < -0.4 is 5.32 Å². The van der Waals surface area contributed by atoms with Crippen molar-refractivity contribution < 1.29 is 13.2 Å². The van der Waals surface area contributed by atoms with Crippen LogP contribution in [0.3, 0.4) is 0 Å². The summed E-state index contributed by atoms with van der Waals surface area (Å²) < 4.78 is 27.5. The topological polar surface area (TPSA) is 71.0 Å². The summed E-state index contributed by atoms with van der Waals surface area (Å²) in [6.45, 7) is 6.42. The molecule has 1 N–H and O–H groups in total. The van der Waals surface area contributed by atoms with Crippen LogP contribution in [0.4, 0.5) is 0 Å². The molecule has 1 saturated heterocycles. The van der Waals surface area contributed by atoms with E-state index in [1.54, 1.807) is 0 Å². The molecule has 0 atom stereocenters. The quantitative estimate of drug-likeness (QED) is 0.258. The molecule has 0 amide bonds. The Labute approximate surface area is 170 Å². The lowest BCUT2D eigenvalue weighted by Gasteiger charge is -2.33. The zero-order valence-corrected chi connectivity index (χ0v) is 18.8. The van der Waals surface area contributed by atoms with Crippen molar-refractivity contribution in [3.8, 4) is 0 Å². The second-order valence-corrected chi connectivity index (χ2v) is 9.47. The maximum absolute atomic E-state index is 11.1. The van der Waals surface area contributed by atoms with Crippen molar-refractivity contribution in [3.63, 3.8) is 0 Å². The molecule has 1 saturated carbocycles. The van der Waals surface area contributed by atoms with E-state index in [-0.39, 0.29) is 36.3 Å². The van der Waals surface area contributed by atoms with Gasteiger partial charge in [0.1, 0.15) is 9.84 Å². The lowest BCUT2D eigenvalue weighted by Crippen LogP contribution is -2.41. The summed E-state index contributed by atoms with van der Waals surface area (Å²) in [5.74, 6) is 1.05. The summed E-state index contributed by atoms with van der Waals surface area (Å²) in [6.07, 6.45) is 9.36. The molecule has 148 valence electrons. The van der Waals surface area contributed by atoms with Gasteiger partial charge in [-0.15, -0.1) is 24.0 Å². The van der Waals surface area contributed by atoms with Crippen LogP contribution in [0.15, 0.2) is 4.99 Å². The smallest absolute Gasteiger partial charge is 0.194 e. The number of aliphatic imine (C=N–C) groups is 1. The Morgan fingerprint density at radius 2 is 1.92 bits per heavy atom. The number of likely N-dealkylation sites (tertiary alicyclic amines) is 1. The van der Waals surface area contributed by atoms with Gasteiger partial charge in [-0.25, -0.2) is 8.42 Å². The predicted molar refractivity (Wildman–Crippen MR) is 114 cm³/mol. The second-order valence-electron chi connectivity index (χ2n) is 7.21. The van der Waals surface area contributed by atoms with Gasteiger partial charge in [-0.1, -0.05) is 19.3 Å². The van der Waals surface area contributed by atoms with Gasteiger partial charge >= 0.3 is 0 Å². The largest absolute Gasteiger partial charge is 0.378 e. The average molecular weight is 487 g/mol. The van der Waals surface area contributed by atoms with E-state index in [0.717, 1.165) is 25.6 Å². The molecule has 6 nitrogen and oxygen atoms in total. The van der Waals surface area contributed by atoms with Crippen molar-refractivity contribution in [1.82, 2.24) is 10.2 Å². The fourth-order valence-electron chi connectivity index (χ4n) is 3.78. The Hall–Kier alpha value is -0.0900. The number of halogens is 1. The Bertz CT molecular complexity index is 519. The molecule has 1 heterocycles. The van der Waals surface area contributed by atoms with Gasteiger partial charge in [0.05, 0.1) is 25.5 Å². The van der Waals surface area contributed by atoms with E-state index in [0.29, 0.717) is 18.6 Å². The first-order valence-corrected chi connectivity index (χ1v) is 11.3. The fourth-order valence-corrected chi connectivity index (χ4v) is 4.20. The van der Waals surface area contributed by atoms with Crippen LogP contribution in [0, 0.1) is 5.41 Å². The van der Waals surface area contributed by atoms with Gasteiger partial charge in [0.25, 0.3) is 0 Å². The first kappa shape index (κ1) is 23.0. The van der Waals surface area contributed by atoms with Crippen molar-refractivity contribution >= 4 is 39.8 Å². The monoisotopic (exact) mass is 487 g/mol. The normalized spacial score (nSPS) is 20.6.